The van der Waals surface area contributed by atoms with Crippen LogP contribution in [-0.2, 0) is 16.1 Å². The number of hydrogen-bond donors (Lipinski definition) is 1. The fourth-order valence-corrected chi connectivity index (χ4v) is 2.91. The van der Waals surface area contributed by atoms with E-state index < -0.39 is 11.9 Å². The zero-order chi connectivity index (χ0) is 20.7. The number of nitrogens with one attached hydrogen (secondary N) is 1. The number of ketones is 1. The predicted octanol–water partition coefficient (Wildman–Crippen LogP) is 3.41. The van der Waals surface area contributed by atoms with Crippen LogP contribution in [0.15, 0.2) is 30.3 Å². The highest BCUT2D eigenvalue weighted by molar-refractivity contribution is 6.00. The number of aryl methyl sites for hydroxylation is 1. The van der Waals surface area contributed by atoms with Crippen molar-refractivity contribution in [3.63, 3.8) is 0 Å². The smallest absolute Gasteiger partial charge is 0.338 e. The van der Waals surface area contributed by atoms with Crippen molar-refractivity contribution < 1.29 is 19.1 Å². The summed E-state index contributed by atoms with van der Waals surface area (Å²) in [5, 5.41) is 11.0. The van der Waals surface area contributed by atoms with Crippen molar-refractivity contribution in [3.05, 3.63) is 52.8 Å². The van der Waals surface area contributed by atoms with Crippen LogP contribution in [0.2, 0.25) is 0 Å². The number of rotatable bonds is 8. The second-order valence-electron chi connectivity index (χ2n) is 6.40. The van der Waals surface area contributed by atoms with Crippen LogP contribution in [0.4, 0.5) is 5.69 Å². The monoisotopic (exact) mass is 381 g/mol. The van der Waals surface area contributed by atoms with E-state index in [1.807, 2.05) is 19.9 Å². The third kappa shape index (κ3) is 5.07. The molecule has 7 heteroatoms. The Morgan fingerprint density at radius 1 is 1.18 bits per heavy atom. The Hall–Kier alpha value is -3.40. The molecule has 0 radical (unpaired) electrons. The minimum atomic E-state index is -0.620. The van der Waals surface area contributed by atoms with Gasteiger partial charge in [-0.2, -0.15) is 5.26 Å². The first-order valence-electron chi connectivity index (χ1n) is 9.01. The maximum atomic E-state index is 12.4. The molecule has 0 saturated heterocycles. The number of carbonyl (C=O) groups is 3. The lowest BCUT2D eigenvalue weighted by atomic mass is 10.1. The zero-order valence-electron chi connectivity index (χ0n) is 16.2. The van der Waals surface area contributed by atoms with E-state index in [-0.39, 0.29) is 24.4 Å². The summed E-state index contributed by atoms with van der Waals surface area (Å²) in [4.78, 5) is 36.0. The molecule has 2 rings (SSSR count). The van der Waals surface area contributed by atoms with Gasteiger partial charge in [0.2, 0.25) is 11.7 Å². The van der Waals surface area contributed by atoms with Gasteiger partial charge in [0.1, 0.15) is 6.42 Å². The van der Waals surface area contributed by atoms with Gasteiger partial charge >= 0.3 is 5.97 Å². The van der Waals surface area contributed by atoms with Crippen LogP contribution in [-0.4, -0.2) is 28.8 Å². The Bertz CT molecular complexity index is 920. The molecule has 0 aliphatic rings. The molecule has 7 nitrogen and oxygen atoms in total. The van der Waals surface area contributed by atoms with Gasteiger partial charge in [0.05, 0.1) is 11.6 Å². The van der Waals surface area contributed by atoms with Crippen LogP contribution in [0.25, 0.3) is 0 Å². The van der Waals surface area contributed by atoms with E-state index in [0.717, 1.165) is 24.4 Å². The summed E-state index contributed by atoms with van der Waals surface area (Å²) in [6.07, 6.45) is 0.719. The van der Waals surface area contributed by atoms with Gasteiger partial charge in [-0.3, -0.25) is 9.59 Å². The van der Waals surface area contributed by atoms with Crippen molar-refractivity contribution in [1.82, 2.24) is 4.57 Å². The molecule has 0 atom stereocenters. The van der Waals surface area contributed by atoms with Crippen LogP contribution in [0.1, 0.15) is 51.9 Å². The van der Waals surface area contributed by atoms with Gasteiger partial charge in [-0.05, 0) is 50.6 Å². The topological polar surface area (TPSA) is 101 Å². The average Bonchev–Trinajstić information content (AvgIpc) is 2.95. The SMILES string of the molecule is CCCn1c(C)cc(C(=O)COC(=O)c2ccc(NC(=O)CC#N)cc2)c1C. The highest BCUT2D eigenvalue weighted by atomic mass is 16.5. The average molecular weight is 381 g/mol. The second kappa shape index (κ2) is 9.51. The highest BCUT2D eigenvalue weighted by Gasteiger charge is 2.17. The van der Waals surface area contributed by atoms with Gasteiger partial charge < -0.3 is 14.6 Å². The predicted molar refractivity (Wildman–Crippen MR) is 104 cm³/mol. The zero-order valence-corrected chi connectivity index (χ0v) is 16.2. The van der Waals surface area contributed by atoms with Crippen LogP contribution < -0.4 is 5.32 Å². The van der Waals surface area contributed by atoms with Crippen LogP contribution in [0, 0.1) is 25.2 Å². The Balaban J connectivity index is 1.97. The Morgan fingerprint density at radius 2 is 1.86 bits per heavy atom. The molecule has 0 saturated carbocycles. The Labute approximate surface area is 163 Å². The van der Waals surface area contributed by atoms with Crippen LogP contribution in [0.3, 0.4) is 0 Å². The van der Waals surface area contributed by atoms with E-state index >= 15 is 0 Å². The van der Waals surface area contributed by atoms with Crippen LogP contribution in [0.5, 0.6) is 0 Å². The second-order valence-corrected chi connectivity index (χ2v) is 6.40. The molecule has 0 bridgehead atoms. The number of esters is 1. The maximum Gasteiger partial charge on any atom is 0.338 e. The number of nitrogens with zero attached hydrogens (tertiary/aromatic N) is 2. The molecule has 0 unspecified atom stereocenters. The van der Waals surface area contributed by atoms with Gasteiger partial charge in [-0.25, -0.2) is 4.79 Å². The Kier molecular flexibility index (Phi) is 7.10. The molecule has 1 heterocycles. The number of benzene rings is 1. The first-order chi connectivity index (χ1) is 13.4. The molecule has 146 valence electrons. The summed E-state index contributed by atoms with van der Waals surface area (Å²) in [6, 6.07) is 9.62. The fourth-order valence-electron chi connectivity index (χ4n) is 2.91. The van der Waals surface area contributed by atoms with E-state index in [1.165, 1.54) is 24.3 Å². The van der Waals surface area contributed by atoms with E-state index in [4.69, 9.17) is 10.00 Å². The molecule has 1 amide bonds. The van der Waals surface area contributed by atoms with Gasteiger partial charge in [0, 0.05) is 29.2 Å². The molecular weight excluding hydrogens is 358 g/mol. The normalized spacial score (nSPS) is 10.2. The summed E-state index contributed by atoms with van der Waals surface area (Å²) in [6.45, 7) is 6.40. The molecule has 0 fully saturated rings. The first kappa shape index (κ1) is 20.9. The van der Waals surface area contributed by atoms with E-state index in [1.54, 1.807) is 6.07 Å². The summed E-state index contributed by atoms with van der Waals surface area (Å²) < 4.78 is 7.22. The number of hydrogen-bond acceptors (Lipinski definition) is 5. The number of carbonyl (C=O) groups excluding carboxylic acids is 3. The molecule has 0 spiro atoms. The molecule has 0 aliphatic carbocycles. The third-order valence-electron chi connectivity index (χ3n) is 4.30. The first-order valence-corrected chi connectivity index (χ1v) is 9.01. The van der Waals surface area contributed by atoms with E-state index in [0.29, 0.717) is 11.3 Å². The molecule has 1 aromatic heterocycles. The van der Waals surface area contributed by atoms with Crippen molar-refractivity contribution in [2.45, 2.75) is 40.2 Å². The quantitative estimate of drug-likeness (QED) is 0.558. The molecule has 28 heavy (non-hydrogen) atoms. The minimum Gasteiger partial charge on any atom is -0.454 e. The molecular formula is C21H23N3O4. The minimum absolute atomic E-state index is 0.245. The van der Waals surface area contributed by atoms with Gasteiger partial charge in [0.25, 0.3) is 0 Å². The third-order valence-corrected chi connectivity index (χ3v) is 4.30. The van der Waals surface area contributed by atoms with Crippen LogP contribution >= 0.6 is 0 Å². The van der Waals surface area contributed by atoms with Crippen molar-refractivity contribution in [2.24, 2.45) is 0 Å². The Morgan fingerprint density at radius 3 is 2.46 bits per heavy atom. The molecule has 1 N–H and O–H groups in total. The lowest BCUT2D eigenvalue weighted by Crippen LogP contribution is -2.15. The standard InChI is InChI=1S/C21H23N3O4/c1-4-11-24-14(2)12-18(15(24)3)19(25)13-28-21(27)16-5-7-17(8-6-16)23-20(26)9-10-22/h5-8,12H,4,9,11,13H2,1-3H3,(H,23,26). The lowest BCUT2D eigenvalue weighted by Gasteiger charge is -2.08. The number of ether oxygens (including phenoxy) is 1. The van der Waals surface area contributed by atoms with E-state index in [9.17, 15) is 14.4 Å². The van der Waals surface area contributed by atoms with Crippen molar-refractivity contribution in [2.75, 3.05) is 11.9 Å². The number of aromatic nitrogens is 1. The number of anilines is 1. The number of nitriles is 1. The largest absolute Gasteiger partial charge is 0.454 e. The van der Waals surface area contributed by atoms with Crippen molar-refractivity contribution in [1.29, 1.82) is 5.26 Å². The van der Waals surface area contributed by atoms with Gasteiger partial charge in [-0.15, -0.1) is 0 Å². The summed E-state index contributed by atoms with van der Waals surface area (Å²) >= 11 is 0. The maximum absolute atomic E-state index is 12.4. The summed E-state index contributed by atoms with van der Waals surface area (Å²) in [7, 11) is 0. The summed E-state index contributed by atoms with van der Waals surface area (Å²) in [5.74, 6) is -1.29. The fraction of sp³-hybridized carbons (Fsp3) is 0.333. The van der Waals surface area contributed by atoms with Crippen molar-refractivity contribution >= 4 is 23.3 Å². The van der Waals surface area contributed by atoms with Gasteiger partial charge in [-0.1, -0.05) is 6.92 Å². The molecule has 1 aromatic carbocycles. The highest BCUT2D eigenvalue weighted by Crippen LogP contribution is 2.17. The molecule has 2 aromatic rings. The van der Waals surface area contributed by atoms with Gasteiger partial charge in [0.15, 0.2) is 6.61 Å². The molecule has 0 aliphatic heterocycles. The van der Waals surface area contributed by atoms with Crippen molar-refractivity contribution in [3.8, 4) is 6.07 Å². The van der Waals surface area contributed by atoms with E-state index in [2.05, 4.69) is 16.8 Å². The number of Topliss-reactive ketones (excluding diaryl/α,β-unsaturated/α-hetero) is 1. The summed E-state index contributed by atoms with van der Waals surface area (Å²) in [5.41, 5.74) is 3.18. The lowest BCUT2D eigenvalue weighted by molar-refractivity contribution is -0.115. The number of amides is 1.